The molecule has 0 aliphatic heterocycles. The van der Waals surface area contributed by atoms with Gasteiger partial charge < -0.3 is 5.11 Å². The first kappa shape index (κ1) is 13.2. The van der Waals surface area contributed by atoms with Crippen LogP contribution in [-0.4, -0.2) is 42.4 Å². The van der Waals surface area contributed by atoms with Crippen molar-refractivity contribution in [1.29, 1.82) is 0 Å². The summed E-state index contributed by atoms with van der Waals surface area (Å²) >= 11 is 0. The minimum absolute atomic E-state index is 0.0208. The summed E-state index contributed by atoms with van der Waals surface area (Å²) in [6.45, 7) is -1.54. The van der Waals surface area contributed by atoms with Gasteiger partial charge in [-0.15, -0.1) is 0 Å². The quantitative estimate of drug-likeness (QED) is 0.787. The zero-order chi connectivity index (χ0) is 12.6. The van der Waals surface area contributed by atoms with Gasteiger partial charge in [-0.2, -0.15) is 17.5 Å². The maximum absolute atomic E-state index is 12.2. The Labute approximate surface area is 89.9 Å². The fraction of sp³-hybridized carbons (Fsp3) is 0.857. The molecule has 1 saturated carbocycles. The van der Waals surface area contributed by atoms with Crippen LogP contribution in [0, 0.1) is 5.92 Å². The van der Waals surface area contributed by atoms with Gasteiger partial charge in [0.25, 0.3) is 0 Å². The first-order valence-electron chi connectivity index (χ1n) is 4.43. The lowest BCUT2D eigenvalue weighted by Crippen LogP contribution is -2.44. The van der Waals surface area contributed by atoms with Gasteiger partial charge >= 0.3 is 21.5 Å². The van der Waals surface area contributed by atoms with Crippen LogP contribution in [-0.2, 0) is 14.8 Å². The lowest BCUT2D eigenvalue weighted by atomic mass is 10.4. The van der Waals surface area contributed by atoms with Gasteiger partial charge in [0.15, 0.2) is 0 Å². The summed E-state index contributed by atoms with van der Waals surface area (Å²) in [6, 6.07) is 0. The molecule has 0 amide bonds. The van der Waals surface area contributed by atoms with E-state index >= 15 is 0 Å². The second kappa shape index (κ2) is 4.21. The maximum atomic E-state index is 12.2. The van der Waals surface area contributed by atoms with Gasteiger partial charge in [0.05, 0.1) is 0 Å². The van der Waals surface area contributed by atoms with Crippen molar-refractivity contribution in [1.82, 2.24) is 4.31 Å². The molecular weight excluding hydrogens is 251 g/mol. The van der Waals surface area contributed by atoms with E-state index in [0.29, 0.717) is 12.8 Å². The van der Waals surface area contributed by atoms with Crippen LogP contribution < -0.4 is 0 Å². The van der Waals surface area contributed by atoms with Crippen molar-refractivity contribution in [2.75, 3.05) is 13.1 Å². The van der Waals surface area contributed by atoms with Crippen LogP contribution in [0.2, 0.25) is 0 Å². The number of nitrogens with zero attached hydrogens (tertiary/aromatic N) is 1. The molecule has 0 spiro atoms. The Morgan fingerprint density at radius 3 is 2.19 bits per heavy atom. The Morgan fingerprint density at radius 1 is 1.38 bits per heavy atom. The molecule has 0 saturated heterocycles. The van der Waals surface area contributed by atoms with Crippen LogP contribution in [0.25, 0.3) is 0 Å². The fourth-order valence-corrected chi connectivity index (χ4v) is 2.11. The number of hydrogen-bond acceptors (Lipinski definition) is 3. The first-order chi connectivity index (χ1) is 7.14. The number of alkyl halides is 3. The number of hydrogen-bond donors (Lipinski definition) is 1. The molecule has 0 aromatic rings. The molecule has 1 aliphatic carbocycles. The molecule has 1 N–H and O–H groups in total. The van der Waals surface area contributed by atoms with Crippen LogP contribution in [0.15, 0.2) is 0 Å². The number of sulfonamides is 1. The molecule has 16 heavy (non-hydrogen) atoms. The highest BCUT2D eigenvalue weighted by molar-refractivity contribution is 7.90. The smallest absolute Gasteiger partial charge is 0.480 e. The van der Waals surface area contributed by atoms with Crippen molar-refractivity contribution >= 4 is 16.0 Å². The van der Waals surface area contributed by atoms with E-state index in [1.54, 1.807) is 0 Å². The van der Waals surface area contributed by atoms with Gasteiger partial charge in [0.2, 0.25) is 0 Å². The second-order valence-corrected chi connectivity index (χ2v) is 5.51. The van der Waals surface area contributed by atoms with Crippen molar-refractivity contribution in [3.8, 4) is 0 Å². The third-order valence-corrected chi connectivity index (χ3v) is 3.65. The van der Waals surface area contributed by atoms with Crippen molar-refractivity contribution in [2.45, 2.75) is 18.3 Å². The number of halogens is 3. The zero-order valence-corrected chi connectivity index (χ0v) is 8.88. The molecule has 1 fully saturated rings. The molecule has 9 heteroatoms. The number of carboxylic acid groups (broad SMARTS) is 1. The first-order valence-corrected chi connectivity index (χ1v) is 5.87. The van der Waals surface area contributed by atoms with Crippen LogP contribution >= 0.6 is 0 Å². The molecule has 0 aromatic carbocycles. The zero-order valence-electron chi connectivity index (χ0n) is 8.07. The van der Waals surface area contributed by atoms with E-state index in [0.717, 1.165) is 0 Å². The minimum atomic E-state index is -5.54. The second-order valence-electron chi connectivity index (χ2n) is 3.58. The standard InChI is InChI=1S/C7H10F3NO4S/c8-7(9,10)16(14,15)11(4-6(12)13)3-5-1-2-5/h5H,1-4H2,(H,12,13). The Kier molecular flexibility index (Phi) is 3.48. The molecule has 1 aliphatic rings. The van der Waals surface area contributed by atoms with Gasteiger partial charge in [-0.3, -0.25) is 4.79 Å². The van der Waals surface area contributed by atoms with Gasteiger partial charge in [-0.1, -0.05) is 0 Å². The highest BCUT2D eigenvalue weighted by atomic mass is 32.2. The predicted octanol–water partition coefficient (Wildman–Crippen LogP) is 0.633. The van der Waals surface area contributed by atoms with E-state index in [2.05, 4.69) is 0 Å². The predicted molar refractivity (Wildman–Crippen MR) is 46.9 cm³/mol. The molecule has 94 valence electrons. The number of carbonyl (C=O) groups is 1. The molecule has 0 aromatic heterocycles. The van der Waals surface area contributed by atoms with Crippen molar-refractivity contribution < 1.29 is 31.5 Å². The molecular formula is C7H10F3NO4S. The summed E-state index contributed by atoms with van der Waals surface area (Å²) in [5.74, 6) is -1.76. The SMILES string of the molecule is O=C(O)CN(CC1CC1)S(=O)(=O)C(F)(F)F. The van der Waals surface area contributed by atoms with E-state index in [4.69, 9.17) is 5.11 Å². The maximum Gasteiger partial charge on any atom is 0.511 e. The van der Waals surface area contributed by atoms with Crippen molar-refractivity contribution in [3.63, 3.8) is 0 Å². The monoisotopic (exact) mass is 261 g/mol. The molecule has 0 radical (unpaired) electrons. The van der Waals surface area contributed by atoms with Crippen molar-refractivity contribution in [2.24, 2.45) is 5.92 Å². The van der Waals surface area contributed by atoms with Gasteiger partial charge in [0.1, 0.15) is 6.54 Å². The van der Waals surface area contributed by atoms with Gasteiger partial charge in [-0.05, 0) is 18.8 Å². The Hall–Kier alpha value is -0.830. The van der Waals surface area contributed by atoms with E-state index in [9.17, 15) is 26.4 Å². The molecule has 1 rings (SSSR count). The summed E-state index contributed by atoms with van der Waals surface area (Å²) in [6.07, 6.45) is 1.26. The van der Waals surface area contributed by atoms with Crippen LogP contribution in [0.3, 0.4) is 0 Å². The highest BCUT2D eigenvalue weighted by Crippen LogP contribution is 2.33. The number of rotatable bonds is 5. The van der Waals surface area contributed by atoms with Gasteiger partial charge in [0, 0.05) is 6.54 Å². The lowest BCUT2D eigenvalue weighted by Gasteiger charge is -2.21. The summed E-state index contributed by atoms with van der Waals surface area (Å²) in [4.78, 5) is 10.3. The summed E-state index contributed by atoms with van der Waals surface area (Å²) in [5, 5.41) is 8.37. The molecule has 0 heterocycles. The highest BCUT2D eigenvalue weighted by Gasteiger charge is 2.51. The Bertz CT molecular complexity index is 374. The Morgan fingerprint density at radius 2 is 1.88 bits per heavy atom. The normalized spacial score (nSPS) is 17.8. The molecule has 0 atom stereocenters. The fourth-order valence-electron chi connectivity index (χ4n) is 1.13. The van der Waals surface area contributed by atoms with E-state index in [1.165, 1.54) is 0 Å². The summed E-state index contributed by atoms with van der Waals surface area (Å²) in [7, 11) is -5.54. The van der Waals surface area contributed by atoms with E-state index in [1.807, 2.05) is 0 Å². The number of aliphatic carboxylic acids is 1. The summed E-state index contributed by atoms with van der Waals surface area (Å²) < 4.78 is 58.5. The lowest BCUT2D eigenvalue weighted by molar-refractivity contribution is -0.137. The molecule has 0 bridgehead atoms. The molecule has 5 nitrogen and oxygen atoms in total. The average molecular weight is 261 g/mol. The van der Waals surface area contributed by atoms with Crippen molar-refractivity contribution in [3.05, 3.63) is 0 Å². The Balaban J connectivity index is 2.85. The topological polar surface area (TPSA) is 74.7 Å². The minimum Gasteiger partial charge on any atom is -0.480 e. The van der Waals surface area contributed by atoms with E-state index in [-0.39, 0.29) is 16.8 Å². The third-order valence-electron chi connectivity index (χ3n) is 2.10. The van der Waals surface area contributed by atoms with Crippen LogP contribution in [0.5, 0.6) is 0 Å². The number of carboxylic acids is 1. The average Bonchev–Trinajstić information content (AvgIpc) is 2.83. The summed E-state index contributed by atoms with van der Waals surface area (Å²) in [5.41, 5.74) is -5.45. The van der Waals surface area contributed by atoms with Gasteiger partial charge in [-0.25, -0.2) is 8.42 Å². The third kappa shape index (κ3) is 3.08. The van der Waals surface area contributed by atoms with Crippen LogP contribution in [0.4, 0.5) is 13.2 Å². The molecule has 0 unspecified atom stereocenters. The largest absolute Gasteiger partial charge is 0.511 e. The van der Waals surface area contributed by atoms with E-state index < -0.39 is 28.0 Å². The van der Waals surface area contributed by atoms with Crippen LogP contribution in [0.1, 0.15) is 12.8 Å².